The fourth-order valence-corrected chi connectivity index (χ4v) is 2.09. The van der Waals surface area contributed by atoms with E-state index in [1.165, 1.54) is 0 Å². The normalized spacial score (nSPS) is 17.7. The van der Waals surface area contributed by atoms with Crippen molar-refractivity contribution in [1.29, 1.82) is 0 Å². The number of hydrogen-bond acceptors (Lipinski definition) is 2. The van der Waals surface area contributed by atoms with Crippen molar-refractivity contribution in [3.8, 4) is 0 Å². The van der Waals surface area contributed by atoms with E-state index >= 15 is 0 Å². The van der Waals surface area contributed by atoms with Gasteiger partial charge in [0, 0.05) is 12.1 Å². The Morgan fingerprint density at radius 2 is 2.00 bits per heavy atom. The number of H-pyrrole nitrogens is 1. The van der Waals surface area contributed by atoms with Gasteiger partial charge in [-0.3, -0.25) is 9.89 Å². The Hall–Kier alpha value is -1.53. The molecule has 0 bridgehead atoms. The van der Waals surface area contributed by atoms with Gasteiger partial charge >= 0.3 is 6.18 Å². The summed E-state index contributed by atoms with van der Waals surface area (Å²) in [5.74, 6) is -0.523. The first-order valence-electron chi connectivity index (χ1n) is 5.90. The lowest BCUT2D eigenvalue weighted by atomic mass is 9.95. The molecule has 1 aromatic heterocycles. The number of alkyl halides is 3. The Kier molecular flexibility index (Phi) is 3.58. The van der Waals surface area contributed by atoms with Gasteiger partial charge in [-0.15, -0.1) is 0 Å². The minimum absolute atomic E-state index is 0.0592. The molecule has 0 radical (unpaired) electrons. The van der Waals surface area contributed by atoms with E-state index in [1.54, 1.807) is 0 Å². The molecule has 0 aliphatic heterocycles. The zero-order chi connectivity index (χ0) is 13.2. The summed E-state index contributed by atoms with van der Waals surface area (Å²) in [6.45, 7) is 0. The third-order valence-corrected chi connectivity index (χ3v) is 3.05. The summed E-state index contributed by atoms with van der Waals surface area (Å²) >= 11 is 0. The maximum absolute atomic E-state index is 12.3. The van der Waals surface area contributed by atoms with Crippen LogP contribution in [0.3, 0.4) is 0 Å². The SMILES string of the molecule is O=C(NC1CCCCC1)c1cc(C(F)(F)F)n[nH]1. The van der Waals surface area contributed by atoms with Crippen LogP contribution in [0.1, 0.15) is 48.3 Å². The summed E-state index contributed by atoms with van der Waals surface area (Å²) in [7, 11) is 0. The van der Waals surface area contributed by atoms with Gasteiger partial charge in [-0.25, -0.2) is 0 Å². The number of nitrogens with zero attached hydrogens (tertiary/aromatic N) is 1. The highest BCUT2D eigenvalue weighted by Gasteiger charge is 2.34. The monoisotopic (exact) mass is 261 g/mol. The van der Waals surface area contributed by atoms with Gasteiger partial charge in [-0.05, 0) is 12.8 Å². The number of aromatic amines is 1. The fraction of sp³-hybridized carbons (Fsp3) is 0.636. The van der Waals surface area contributed by atoms with Gasteiger partial charge in [0.25, 0.3) is 5.91 Å². The van der Waals surface area contributed by atoms with Gasteiger partial charge in [-0.1, -0.05) is 19.3 Å². The van der Waals surface area contributed by atoms with Crippen molar-refractivity contribution in [3.05, 3.63) is 17.5 Å². The molecule has 1 fully saturated rings. The highest BCUT2D eigenvalue weighted by molar-refractivity contribution is 5.92. The molecule has 1 aliphatic rings. The number of carbonyl (C=O) groups is 1. The molecular weight excluding hydrogens is 247 g/mol. The second-order valence-corrected chi connectivity index (χ2v) is 4.47. The standard InChI is InChI=1S/C11H14F3N3O/c12-11(13,14)9-6-8(16-17-9)10(18)15-7-4-2-1-3-5-7/h6-7H,1-5H2,(H,15,18)(H,16,17). The zero-order valence-corrected chi connectivity index (χ0v) is 9.68. The van der Waals surface area contributed by atoms with Crippen molar-refractivity contribution in [2.45, 2.75) is 44.3 Å². The van der Waals surface area contributed by atoms with Gasteiger partial charge in [0.2, 0.25) is 0 Å². The minimum atomic E-state index is -4.53. The first kappa shape index (κ1) is 12.9. The molecule has 1 aliphatic carbocycles. The number of aromatic nitrogens is 2. The van der Waals surface area contributed by atoms with Crippen LogP contribution in [-0.4, -0.2) is 22.1 Å². The molecular formula is C11H14F3N3O. The van der Waals surface area contributed by atoms with Gasteiger partial charge in [0.1, 0.15) is 5.69 Å². The van der Waals surface area contributed by atoms with E-state index in [4.69, 9.17) is 0 Å². The van der Waals surface area contributed by atoms with Crippen LogP contribution in [0.15, 0.2) is 6.07 Å². The lowest BCUT2D eigenvalue weighted by molar-refractivity contribution is -0.141. The van der Waals surface area contributed by atoms with Crippen LogP contribution in [0.5, 0.6) is 0 Å². The molecule has 100 valence electrons. The quantitative estimate of drug-likeness (QED) is 0.859. The largest absolute Gasteiger partial charge is 0.435 e. The Labute approximate surface area is 102 Å². The lowest BCUT2D eigenvalue weighted by Gasteiger charge is -2.22. The summed E-state index contributed by atoms with van der Waals surface area (Å²) in [4.78, 5) is 11.7. The van der Waals surface area contributed by atoms with Crippen LogP contribution >= 0.6 is 0 Å². The Balaban J connectivity index is 1.98. The van der Waals surface area contributed by atoms with Crippen LogP contribution in [-0.2, 0) is 6.18 Å². The molecule has 0 unspecified atom stereocenters. The first-order valence-corrected chi connectivity index (χ1v) is 5.90. The van der Waals surface area contributed by atoms with E-state index in [0.29, 0.717) is 0 Å². The smallest absolute Gasteiger partial charge is 0.348 e. The van der Waals surface area contributed by atoms with Gasteiger partial charge in [0.15, 0.2) is 5.69 Å². The Bertz CT molecular complexity index is 421. The second kappa shape index (κ2) is 4.99. The van der Waals surface area contributed by atoms with E-state index in [-0.39, 0.29) is 11.7 Å². The Morgan fingerprint density at radius 1 is 1.33 bits per heavy atom. The highest BCUT2D eigenvalue weighted by Crippen LogP contribution is 2.27. The molecule has 1 saturated carbocycles. The van der Waals surface area contributed by atoms with Crippen LogP contribution < -0.4 is 5.32 Å². The Morgan fingerprint density at radius 3 is 2.56 bits per heavy atom. The van der Waals surface area contributed by atoms with E-state index in [1.807, 2.05) is 0 Å². The van der Waals surface area contributed by atoms with Gasteiger partial charge in [0.05, 0.1) is 0 Å². The minimum Gasteiger partial charge on any atom is -0.348 e. The van der Waals surface area contributed by atoms with Crippen molar-refractivity contribution in [2.24, 2.45) is 0 Å². The summed E-state index contributed by atoms with van der Waals surface area (Å²) in [6, 6.07) is 0.793. The van der Waals surface area contributed by atoms with Crippen LogP contribution in [0.25, 0.3) is 0 Å². The predicted molar refractivity (Wildman–Crippen MR) is 57.9 cm³/mol. The number of amides is 1. The molecule has 1 aromatic rings. The third-order valence-electron chi connectivity index (χ3n) is 3.05. The van der Waals surface area contributed by atoms with Crippen molar-refractivity contribution in [2.75, 3.05) is 0 Å². The van der Waals surface area contributed by atoms with Gasteiger partial charge < -0.3 is 5.32 Å². The summed E-state index contributed by atoms with van der Waals surface area (Å²) in [5, 5.41) is 7.93. The van der Waals surface area contributed by atoms with Crippen molar-refractivity contribution >= 4 is 5.91 Å². The maximum Gasteiger partial charge on any atom is 0.435 e. The first-order chi connectivity index (χ1) is 8.47. The van der Waals surface area contributed by atoms with Crippen molar-refractivity contribution in [1.82, 2.24) is 15.5 Å². The molecule has 1 heterocycles. The van der Waals surface area contributed by atoms with E-state index in [2.05, 4.69) is 15.5 Å². The summed E-state index contributed by atoms with van der Waals surface area (Å²) in [5.41, 5.74) is -1.22. The molecule has 0 aromatic carbocycles. The zero-order valence-electron chi connectivity index (χ0n) is 9.68. The topological polar surface area (TPSA) is 57.8 Å². The summed E-state index contributed by atoms with van der Waals surface area (Å²) < 4.78 is 36.9. The molecule has 18 heavy (non-hydrogen) atoms. The molecule has 0 atom stereocenters. The highest BCUT2D eigenvalue weighted by atomic mass is 19.4. The summed E-state index contributed by atoms with van der Waals surface area (Å²) in [6.07, 6.45) is 0.468. The third kappa shape index (κ3) is 3.02. The average molecular weight is 261 g/mol. The molecule has 1 amide bonds. The fourth-order valence-electron chi connectivity index (χ4n) is 2.09. The van der Waals surface area contributed by atoms with E-state index < -0.39 is 17.8 Å². The number of hydrogen-bond donors (Lipinski definition) is 2. The number of carbonyl (C=O) groups excluding carboxylic acids is 1. The van der Waals surface area contributed by atoms with Crippen LogP contribution in [0.4, 0.5) is 13.2 Å². The lowest BCUT2D eigenvalue weighted by Crippen LogP contribution is -2.36. The molecule has 2 N–H and O–H groups in total. The maximum atomic E-state index is 12.3. The number of rotatable bonds is 2. The number of halogens is 3. The average Bonchev–Trinajstić information content (AvgIpc) is 2.79. The second-order valence-electron chi connectivity index (χ2n) is 4.47. The van der Waals surface area contributed by atoms with E-state index in [9.17, 15) is 18.0 Å². The van der Waals surface area contributed by atoms with Crippen molar-refractivity contribution in [3.63, 3.8) is 0 Å². The molecule has 7 heteroatoms. The molecule has 0 spiro atoms. The molecule has 2 rings (SSSR count). The molecule has 4 nitrogen and oxygen atoms in total. The number of nitrogens with one attached hydrogen (secondary N) is 2. The van der Waals surface area contributed by atoms with Crippen LogP contribution in [0, 0.1) is 0 Å². The van der Waals surface area contributed by atoms with E-state index in [0.717, 1.165) is 38.2 Å². The van der Waals surface area contributed by atoms with Crippen LogP contribution in [0.2, 0.25) is 0 Å². The van der Waals surface area contributed by atoms with Gasteiger partial charge in [-0.2, -0.15) is 18.3 Å². The predicted octanol–water partition coefficient (Wildman–Crippen LogP) is 2.49. The molecule has 0 saturated heterocycles. The van der Waals surface area contributed by atoms with Crippen molar-refractivity contribution < 1.29 is 18.0 Å².